The average Bonchev–Trinajstić information content (AvgIpc) is 2.74. The van der Waals surface area contributed by atoms with Crippen LogP contribution in [0.3, 0.4) is 0 Å². The van der Waals surface area contributed by atoms with Crippen molar-refractivity contribution in [3.8, 4) is 5.75 Å². The number of thiophene rings is 1. The van der Waals surface area contributed by atoms with Gasteiger partial charge in [-0.2, -0.15) is 0 Å². The maximum absolute atomic E-state index is 5.85. The first-order valence-electron chi connectivity index (χ1n) is 5.20. The Bertz CT molecular complexity index is 557. The highest BCUT2D eigenvalue weighted by Gasteiger charge is 2.08. The fourth-order valence-electron chi connectivity index (χ4n) is 1.49. The predicted molar refractivity (Wildman–Crippen MR) is 84.5 cm³/mol. The normalized spacial score (nSPS) is 10.4. The number of halogens is 2. The van der Waals surface area contributed by atoms with Crippen molar-refractivity contribution < 1.29 is 4.74 Å². The Morgan fingerprint density at radius 2 is 2.11 bits per heavy atom. The van der Waals surface area contributed by atoms with Crippen molar-refractivity contribution in [3.63, 3.8) is 0 Å². The molecule has 1 aromatic carbocycles. The van der Waals surface area contributed by atoms with Gasteiger partial charge in [-0.05, 0) is 49.4 Å². The zero-order chi connectivity index (χ0) is 13.1. The van der Waals surface area contributed by atoms with E-state index in [1.165, 1.54) is 0 Å². The number of benzene rings is 1. The number of hydrogen-bond donors (Lipinski definition) is 2. The Labute approximate surface area is 127 Å². The van der Waals surface area contributed by atoms with Gasteiger partial charge in [0.25, 0.3) is 0 Å². The molecule has 0 unspecified atom stereocenters. The van der Waals surface area contributed by atoms with Gasteiger partial charge in [-0.15, -0.1) is 11.3 Å². The third kappa shape index (κ3) is 2.99. The Balaban J connectivity index is 2.16. The van der Waals surface area contributed by atoms with Gasteiger partial charge in [0.05, 0.1) is 23.8 Å². The molecule has 0 radical (unpaired) electrons. The van der Waals surface area contributed by atoms with Gasteiger partial charge in [-0.3, -0.25) is 0 Å². The summed E-state index contributed by atoms with van der Waals surface area (Å²) in [5, 5.41) is 5.33. The molecule has 0 aliphatic rings. The second kappa shape index (κ2) is 5.95. The summed E-state index contributed by atoms with van der Waals surface area (Å²) in [6.07, 6.45) is 0. The van der Waals surface area contributed by atoms with E-state index in [1.54, 1.807) is 18.4 Å². The number of ether oxygens (including phenoxy) is 1. The summed E-state index contributed by atoms with van der Waals surface area (Å²) in [7, 11) is 1.65. The predicted octanol–water partition coefficient (Wildman–Crippen LogP) is 4.48. The molecule has 1 heterocycles. The van der Waals surface area contributed by atoms with Crippen LogP contribution in [0, 0.1) is 0 Å². The standard InChI is InChI=1S/C12H12Br2N2OS/c1-17-11-5-10(7(13)4-8(11)14)16-6-12-9(15)2-3-18-12/h2-5,16H,6,15H2,1H3. The van der Waals surface area contributed by atoms with Crippen molar-refractivity contribution >= 4 is 54.6 Å². The van der Waals surface area contributed by atoms with E-state index in [9.17, 15) is 0 Å². The van der Waals surface area contributed by atoms with Crippen LogP contribution in [0.25, 0.3) is 0 Å². The van der Waals surface area contributed by atoms with Gasteiger partial charge in [0.1, 0.15) is 5.75 Å². The molecule has 0 amide bonds. The van der Waals surface area contributed by atoms with Gasteiger partial charge in [-0.25, -0.2) is 0 Å². The zero-order valence-electron chi connectivity index (χ0n) is 9.67. The molecular weight excluding hydrogens is 380 g/mol. The van der Waals surface area contributed by atoms with E-state index in [0.29, 0.717) is 6.54 Å². The van der Waals surface area contributed by atoms with Crippen LogP contribution in [-0.2, 0) is 6.54 Å². The minimum atomic E-state index is 0.701. The van der Waals surface area contributed by atoms with Gasteiger partial charge in [0.2, 0.25) is 0 Å². The highest BCUT2D eigenvalue weighted by molar-refractivity contribution is 9.11. The van der Waals surface area contributed by atoms with Crippen LogP contribution < -0.4 is 15.8 Å². The molecule has 0 aliphatic heterocycles. The van der Waals surface area contributed by atoms with E-state index in [0.717, 1.165) is 30.9 Å². The first-order chi connectivity index (χ1) is 8.61. The lowest BCUT2D eigenvalue weighted by Crippen LogP contribution is -2.01. The Morgan fingerprint density at radius 1 is 1.33 bits per heavy atom. The van der Waals surface area contributed by atoms with Crippen molar-refractivity contribution in [2.75, 3.05) is 18.2 Å². The Kier molecular flexibility index (Phi) is 4.53. The minimum absolute atomic E-state index is 0.701. The summed E-state index contributed by atoms with van der Waals surface area (Å²) in [6, 6.07) is 5.82. The molecule has 3 nitrogen and oxygen atoms in total. The molecule has 2 rings (SSSR count). The molecule has 18 heavy (non-hydrogen) atoms. The highest BCUT2D eigenvalue weighted by Crippen LogP contribution is 2.35. The van der Waals surface area contributed by atoms with Crippen LogP contribution in [-0.4, -0.2) is 7.11 Å². The third-order valence-corrected chi connectivity index (χ3v) is 4.67. The van der Waals surface area contributed by atoms with Gasteiger partial charge in [0, 0.05) is 21.1 Å². The molecule has 0 spiro atoms. The zero-order valence-corrected chi connectivity index (χ0v) is 13.7. The van der Waals surface area contributed by atoms with Crippen LogP contribution in [0.4, 0.5) is 11.4 Å². The summed E-state index contributed by atoms with van der Waals surface area (Å²) >= 11 is 8.60. The van der Waals surface area contributed by atoms with Crippen molar-refractivity contribution in [2.45, 2.75) is 6.54 Å². The molecule has 6 heteroatoms. The van der Waals surface area contributed by atoms with Crippen molar-refractivity contribution in [3.05, 3.63) is 37.4 Å². The van der Waals surface area contributed by atoms with E-state index in [2.05, 4.69) is 37.2 Å². The van der Waals surface area contributed by atoms with Crippen LogP contribution in [0.1, 0.15) is 4.88 Å². The molecule has 0 atom stereocenters. The van der Waals surface area contributed by atoms with Crippen LogP contribution in [0.5, 0.6) is 5.75 Å². The van der Waals surface area contributed by atoms with Crippen molar-refractivity contribution in [1.29, 1.82) is 0 Å². The first-order valence-corrected chi connectivity index (χ1v) is 7.67. The molecule has 0 bridgehead atoms. The quantitative estimate of drug-likeness (QED) is 0.807. The summed E-state index contributed by atoms with van der Waals surface area (Å²) in [6.45, 7) is 0.701. The van der Waals surface area contributed by atoms with E-state index < -0.39 is 0 Å². The van der Waals surface area contributed by atoms with Crippen molar-refractivity contribution in [2.24, 2.45) is 0 Å². The van der Waals surface area contributed by atoms with E-state index in [-0.39, 0.29) is 0 Å². The van der Waals surface area contributed by atoms with Crippen LogP contribution in [0.2, 0.25) is 0 Å². The largest absolute Gasteiger partial charge is 0.495 e. The molecule has 0 aliphatic carbocycles. The molecule has 1 aromatic heterocycles. The molecular formula is C12H12Br2N2OS. The number of nitrogens with one attached hydrogen (secondary N) is 1. The summed E-state index contributed by atoms with van der Waals surface area (Å²) in [4.78, 5) is 1.13. The number of anilines is 2. The number of hydrogen-bond acceptors (Lipinski definition) is 4. The van der Waals surface area contributed by atoms with Crippen LogP contribution in [0.15, 0.2) is 32.5 Å². The molecule has 0 saturated carbocycles. The van der Waals surface area contributed by atoms with E-state index in [1.807, 2.05) is 23.6 Å². The second-order valence-electron chi connectivity index (χ2n) is 3.62. The lowest BCUT2D eigenvalue weighted by Gasteiger charge is -2.11. The SMILES string of the molecule is COc1cc(NCc2sccc2N)c(Br)cc1Br. The Hall–Kier alpha value is -0.720. The molecule has 96 valence electrons. The summed E-state index contributed by atoms with van der Waals surface area (Å²) in [5.74, 6) is 0.792. The molecule has 3 N–H and O–H groups in total. The Morgan fingerprint density at radius 3 is 2.72 bits per heavy atom. The maximum atomic E-state index is 5.85. The fourth-order valence-corrected chi connectivity index (χ4v) is 3.53. The smallest absolute Gasteiger partial charge is 0.135 e. The number of methoxy groups -OCH3 is 1. The second-order valence-corrected chi connectivity index (χ2v) is 6.33. The molecule has 0 fully saturated rings. The fraction of sp³-hybridized carbons (Fsp3) is 0.167. The number of nitrogens with two attached hydrogens (primary N) is 1. The number of nitrogen functional groups attached to an aromatic ring is 1. The van der Waals surface area contributed by atoms with E-state index in [4.69, 9.17) is 10.5 Å². The average molecular weight is 392 g/mol. The third-order valence-electron chi connectivity index (χ3n) is 2.46. The lowest BCUT2D eigenvalue weighted by molar-refractivity contribution is 0.412. The summed E-state index contributed by atoms with van der Waals surface area (Å²) in [5.41, 5.74) is 7.65. The first kappa shape index (κ1) is 13.7. The van der Waals surface area contributed by atoms with Gasteiger partial charge in [0.15, 0.2) is 0 Å². The van der Waals surface area contributed by atoms with Crippen LogP contribution >= 0.6 is 43.2 Å². The topological polar surface area (TPSA) is 47.3 Å². The van der Waals surface area contributed by atoms with Gasteiger partial charge >= 0.3 is 0 Å². The monoisotopic (exact) mass is 390 g/mol. The van der Waals surface area contributed by atoms with Crippen molar-refractivity contribution in [1.82, 2.24) is 0 Å². The minimum Gasteiger partial charge on any atom is -0.495 e. The lowest BCUT2D eigenvalue weighted by atomic mass is 10.3. The molecule has 0 saturated heterocycles. The summed E-state index contributed by atoms with van der Waals surface area (Å²) < 4.78 is 7.16. The molecule has 2 aromatic rings. The van der Waals surface area contributed by atoms with E-state index >= 15 is 0 Å². The maximum Gasteiger partial charge on any atom is 0.135 e. The van der Waals surface area contributed by atoms with Gasteiger partial charge in [-0.1, -0.05) is 0 Å². The highest BCUT2D eigenvalue weighted by atomic mass is 79.9. The number of rotatable bonds is 4. The van der Waals surface area contributed by atoms with Gasteiger partial charge < -0.3 is 15.8 Å².